The summed E-state index contributed by atoms with van der Waals surface area (Å²) in [5.41, 5.74) is 0. The maximum absolute atomic E-state index is 5.25. The smallest absolute Gasteiger partial charge is 0.242 e. The lowest BCUT2D eigenvalue weighted by Gasteiger charge is -1.98. The highest BCUT2D eigenvalue weighted by Crippen LogP contribution is 2.00. The van der Waals surface area contributed by atoms with Crippen molar-refractivity contribution in [3.8, 4) is 0 Å². The van der Waals surface area contributed by atoms with Gasteiger partial charge in [0.2, 0.25) is 11.8 Å². The summed E-state index contributed by atoms with van der Waals surface area (Å²) >= 11 is 0. The summed E-state index contributed by atoms with van der Waals surface area (Å²) in [5, 5.41) is 10.5. The van der Waals surface area contributed by atoms with Crippen molar-refractivity contribution in [3.63, 3.8) is 0 Å². The zero-order valence-corrected chi connectivity index (χ0v) is 8.45. The fourth-order valence-corrected chi connectivity index (χ4v) is 0.871. The zero-order valence-electron chi connectivity index (χ0n) is 8.45. The highest BCUT2D eigenvalue weighted by atomic mass is 16.5. The minimum Gasteiger partial charge on any atom is -0.421 e. The molecule has 14 heavy (non-hydrogen) atoms. The third kappa shape index (κ3) is 3.82. The van der Waals surface area contributed by atoms with Gasteiger partial charge in [-0.1, -0.05) is 0 Å². The lowest BCUT2D eigenvalue weighted by Crippen LogP contribution is -2.04. The molecule has 0 aliphatic rings. The summed E-state index contributed by atoms with van der Waals surface area (Å²) in [6.45, 7) is 2.00. The van der Waals surface area contributed by atoms with Gasteiger partial charge in [-0.2, -0.15) is 0 Å². The Hall–Kier alpha value is -0.980. The Morgan fingerprint density at radius 2 is 2.07 bits per heavy atom. The van der Waals surface area contributed by atoms with Crippen LogP contribution in [0.1, 0.15) is 11.8 Å². The molecule has 0 saturated carbocycles. The first-order valence-electron chi connectivity index (χ1n) is 4.39. The van der Waals surface area contributed by atoms with E-state index in [1.165, 1.54) is 0 Å². The largest absolute Gasteiger partial charge is 0.421 e. The van der Waals surface area contributed by atoms with Gasteiger partial charge in [0.05, 0.1) is 19.8 Å². The first-order chi connectivity index (χ1) is 6.86. The summed E-state index contributed by atoms with van der Waals surface area (Å²) < 4.78 is 15.3. The number of hydrogen-bond acceptors (Lipinski definition) is 6. The molecule has 0 aliphatic heterocycles. The first-order valence-corrected chi connectivity index (χ1v) is 4.39. The van der Waals surface area contributed by atoms with Gasteiger partial charge in [-0.25, -0.2) is 0 Å². The fraction of sp³-hybridized carbons (Fsp3) is 0.750. The molecule has 0 unspecified atom stereocenters. The van der Waals surface area contributed by atoms with Crippen LogP contribution in [-0.2, 0) is 22.6 Å². The van der Waals surface area contributed by atoms with Crippen molar-refractivity contribution in [1.82, 2.24) is 15.5 Å². The Bertz CT molecular complexity index is 252. The van der Waals surface area contributed by atoms with Gasteiger partial charge >= 0.3 is 0 Å². The van der Waals surface area contributed by atoms with E-state index in [9.17, 15) is 0 Å². The van der Waals surface area contributed by atoms with Crippen LogP contribution < -0.4 is 5.32 Å². The fourth-order valence-electron chi connectivity index (χ4n) is 0.871. The summed E-state index contributed by atoms with van der Waals surface area (Å²) in [5.74, 6) is 1.06. The van der Waals surface area contributed by atoms with E-state index in [1.54, 1.807) is 7.11 Å². The molecule has 6 nitrogen and oxygen atoms in total. The van der Waals surface area contributed by atoms with Gasteiger partial charge in [-0.15, -0.1) is 10.2 Å². The standard InChI is InChI=1S/C8H15N3O3/c1-9-5-7-10-11-8(14-7)6-13-4-3-12-2/h9H,3-6H2,1-2H3. The van der Waals surface area contributed by atoms with Gasteiger partial charge in [0.25, 0.3) is 0 Å². The lowest BCUT2D eigenvalue weighted by molar-refractivity contribution is 0.0513. The Labute approximate surface area is 82.6 Å². The van der Waals surface area contributed by atoms with Crippen LogP contribution >= 0.6 is 0 Å². The number of nitrogens with one attached hydrogen (secondary N) is 1. The molecule has 0 aromatic carbocycles. The maximum Gasteiger partial charge on any atom is 0.242 e. The molecule has 0 bridgehead atoms. The van der Waals surface area contributed by atoms with Gasteiger partial charge in [0, 0.05) is 7.11 Å². The molecule has 6 heteroatoms. The number of rotatable bonds is 7. The second-order valence-corrected chi connectivity index (χ2v) is 2.67. The van der Waals surface area contributed by atoms with Crippen LogP contribution in [0.15, 0.2) is 4.42 Å². The number of nitrogens with zero attached hydrogens (tertiary/aromatic N) is 2. The molecule has 0 radical (unpaired) electrons. The predicted molar refractivity (Wildman–Crippen MR) is 48.6 cm³/mol. The van der Waals surface area contributed by atoms with Crippen molar-refractivity contribution in [2.24, 2.45) is 0 Å². The molecule has 1 aromatic rings. The molecule has 80 valence electrons. The molecule has 0 aliphatic carbocycles. The molecular formula is C8H15N3O3. The normalized spacial score (nSPS) is 10.7. The van der Waals surface area contributed by atoms with Gasteiger partial charge in [-0.3, -0.25) is 0 Å². The third-order valence-electron chi connectivity index (χ3n) is 1.49. The summed E-state index contributed by atoms with van der Waals surface area (Å²) in [6.07, 6.45) is 0. The monoisotopic (exact) mass is 201 g/mol. The van der Waals surface area contributed by atoms with Gasteiger partial charge in [0.15, 0.2) is 0 Å². The Kier molecular flexibility index (Phi) is 5.13. The molecule has 0 amide bonds. The van der Waals surface area contributed by atoms with Gasteiger partial charge in [-0.05, 0) is 7.05 Å². The van der Waals surface area contributed by atoms with Crippen LogP contribution in [0.4, 0.5) is 0 Å². The number of aromatic nitrogens is 2. The minimum absolute atomic E-state index is 0.333. The maximum atomic E-state index is 5.25. The van der Waals surface area contributed by atoms with Gasteiger partial charge < -0.3 is 19.2 Å². The highest BCUT2D eigenvalue weighted by molar-refractivity contribution is 4.78. The first kappa shape index (κ1) is 11.1. The third-order valence-corrected chi connectivity index (χ3v) is 1.49. The number of hydrogen-bond donors (Lipinski definition) is 1. The molecule has 1 heterocycles. The summed E-state index contributed by atoms with van der Waals surface area (Å²) in [6, 6.07) is 0. The van der Waals surface area contributed by atoms with E-state index in [-0.39, 0.29) is 0 Å². The summed E-state index contributed by atoms with van der Waals surface area (Å²) in [7, 11) is 3.44. The number of methoxy groups -OCH3 is 1. The summed E-state index contributed by atoms with van der Waals surface area (Å²) in [4.78, 5) is 0. The van der Waals surface area contributed by atoms with Crippen LogP contribution in [0.5, 0.6) is 0 Å². The molecule has 1 N–H and O–H groups in total. The average molecular weight is 201 g/mol. The van der Waals surface area contributed by atoms with E-state index in [4.69, 9.17) is 13.9 Å². The quantitative estimate of drug-likeness (QED) is 0.624. The second-order valence-electron chi connectivity index (χ2n) is 2.67. The van der Waals surface area contributed by atoms with E-state index in [0.717, 1.165) is 0 Å². The minimum atomic E-state index is 0.333. The van der Waals surface area contributed by atoms with Crippen molar-refractivity contribution >= 4 is 0 Å². The highest BCUT2D eigenvalue weighted by Gasteiger charge is 2.04. The van der Waals surface area contributed by atoms with E-state index in [2.05, 4.69) is 15.5 Å². The van der Waals surface area contributed by atoms with Gasteiger partial charge in [0.1, 0.15) is 6.61 Å². The van der Waals surface area contributed by atoms with E-state index in [1.807, 2.05) is 7.05 Å². The molecular weight excluding hydrogens is 186 g/mol. The Balaban J connectivity index is 2.22. The SMILES string of the molecule is CNCc1nnc(COCCOC)o1. The second kappa shape index (κ2) is 6.47. The topological polar surface area (TPSA) is 69.4 Å². The molecule has 0 saturated heterocycles. The Morgan fingerprint density at radius 1 is 1.29 bits per heavy atom. The van der Waals surface area contributed by atoms with Crippen LogP contribution in [-0.4, -0.2) is 37.6 Å². The van der Waals surface area contributed by atoms with Crippen molar-refractivity contribution in [2.75, 3.05) is 27.4 Å². The van der Waals surface area contributed by atoms with E-state index < -0.39 is 0 Å². The van der Waals surface area contributed by atoms with Crippen LogP contribution in [0.25, 0.3) is 0 Å². The average Bonchev–Trinajstić information content (AvgIpc) is 2.61. The van der Waals surface area contributed by atoms with E-state index in [0.29, 0.717) is 38.1 Å². The number of ether oxygens (including phenoxy) is 2. The Morgan fingerprint density at radius 3 is 2.79 bits per heavy atom. The van der Waals surface area contributed by atoms with Crippen molar-refractivity contribution in [3.05, 3.63) is 11.8 Å². The van der Waals surface area contributed by atoms with Crippen molar-refractivity contribution in [2.45, 2.75) is 13.2 Å². The molecule has 0 spiro atoms. The van der Waals surface area contributed by atoms with Crippen LogP contribution in [0.3, 0.4) is 0 Å². The molecule has 1 aromatic heterocycles. The van der Waals surface area contributed by atoms with Crippen molar-refractivity contribution < 1.29 is 13.9 Å². The van der Waals surface area contributed by atoms with Crippen LogP contribution in [0.2, 0.25) is 0 Å². The molecule has 0 fully saturated rings. The lowest BCUT2D eigenvalue weighted by atomic mass is 10.6. The van der Waals surface area contributed by atoms with E-state index >= 15 is 0 Å². The van der Waals surface area contributed by atoms with Crippen LogP contribution in [0, 0.1) is 0 Å². The molecule has 0 atom stereocenters. The predicted octanol–water partition coefficient (Wildman–Crippen LogP) is -0.0480. The zero-order chi connectivity index (χ0) is 10.2. The molecule has 1 rings (SSSR count). The van der Waals surface area contributed by atoms with Crippen molar-refractivity contribution in [1.29, 1.82) is 0 Å².